The number of rotatable bonds is 1. The summed E-state index contributed by atoms with van der Waals surface area (Å²) in [7, 11) is 0. The SMILES string of the molecule is CC1CCC(C(=O)[O-])=C1Br. The summed E-state index contributed by atoms with van der Waals surface area (Å²) in [6.07, 6.45) is 1.56. The lowest BCUT2D eigenvalue weighted by atomic mass is 10.2. The fraction of sp³-hybridized carbons (Fsp3) is 0.571. The van der Waals surface area contributed by atoms with Gasteiger partial charge in [0.1, 0.15) is 0 Å². The van der Waals surface area contributed by atoms with Gasteiger partial charge in [-0.25, -0.2) is 0 Å². The number of aliphatic carboxylic acids is 1. The van der Waals surface area contributed by atoms with Gasteiger partial charge in [-0.05, 0) is 24.3 Å². The molecule has 0 radical (unpaired) electrons. The van der Waals surface area contributed by atoms with E-state index in [1.54, 1.807) is 0 Å². The standard InChI is InChI=1S/C7H9BrO2/c1-4-2-3-5(6(4)8)7(9)10/h4H,2-3H2,1H3,(H,9,10)/p-1. The zero-order valence-corrected chi connectivity index (χ0v) is 7.27. The topological polar surface area (TPSA) is 40.1 Å². The van der Waals surface area contributed by atoms with Gasteiger partial charge in [-0.3, -0.25) is 0 Å². The van der Waals surface area contributed by atoms with Crippen molar-refractivity contribution >= 4 is 21.9 Å². The number of hydrogen-bond acceptors (Lipinski definition) is 2. The Hall–Kier alpha value is -0.310. The first-order chi connectivity index (χ1) is 4.63. The molecule has 0 aromatic rings. The van der Waals surface area contributed by atoms with E-state index in [4.69, 9.17) is 0 Å². The van der Waals surface area contributed by atoms with Crippen LogP contribution in [0.4, 0.5) is 0 Å². The summed E-state index contributed by atoms with van der Waals surface area (Å²) >= 11 is 3.23. The van der Waals surface area contributed by atoms with Crippen molar-refractivity contribution in [1.29, 1.82) is 0 Å². The highest BCUT2D eigenvalue weighted by Gasteiger charge is 2.19. The first kappa shape index (κ1) is 7.79. The molecule has 0 aromatic heterocycles. The van der Waals surface area contributed by atoms with Crippen LogP contribution in [0.2, 0.25) is 0 Å². The normalized spacial score (nSPS) is 25.6. The Morgan fingerprint density at radius 2 is 2.40 bits per heavy atom. The molecule has 0 saturated heterocycles. The Kier molecular flexibility index (Phi) is 2.14. The number of carbonyl (C=O) groups excluding carboxylic acids is 1. The molecule has 0 aromatic carbocycles. The molecule has 1 aliphatic rings. The molecular formula is C7H8BrO2-. The molecule has 0 saturated carbocycles. The third-order valence-corrected chi connectivity index (χ3v) is 3.05. The van der Waals surface area contributed by atoms with Crippen LogP contribution in [0.1, 0.15) is 19.8 Å². The van der Waals surface area contributed by atoms with Gasteiger partial charge in [0.15, 0.2) is 0 Å². The second kappa shape index (κ2) is 2.74. The summed E-state index contributed by atoms with van der Waals surface area (Å²) < 4.78 is 0.813. The van der Waals surface area contributed by atoms with Gasteiger partial charge in [-0.2, -0.15) is 0 Å². The molecule has 0 amide bonds. The maximum atomic E-state index is 10.4. The van der Waals surface area contributed by atoms with Crippen molar-refractivity contribution in [1.82, 2.24) is 0 Å². The quantitative estimate of drug-likeness (QED) is 0.634. The van der Waals surface area contributed by atoms with E-state index >= 15 is 0 Å². The van der Waals surface area contributed by atoms with Crippen LogP contribution in [0, 0.1) is 5.92 Å². The molecule has 0 heterocycles. The molecular weight excluding hydrogens is 196 g/mol. The van der Waals surface area contributed by atoms with Crippen molar-refractivity contribution < 1.29 is 9.90 Å². The van der Waals surface area contributed by atoms with Crippen molar-refractivity contribution in [2.75, 3.05) is 0 Å². The lowest BCUT2D eigenvalue weighted by Gasteiger charge is -2.03. The van der Waals surface area contributed by atoms with Gasteiger partial charge in [0, 0.05) is 4.48 Å². The molecule has 1 atom stereocenters. The van der Waals surface area contributed by atoms with E-state index in [-0.39, 0.29) is 0 Å². The minimum Gasteiger partial charge on any atom is -0.545 e. The van der Waals surface area contributed by atoms with E-state index < -0.39 is 5.97 Å². The first-order valence-electron chi connectivity index (χ1n) is 3.23. The Morgan fingerprint density at radius 1 is 1.80 bits per heavy atom. The largest absolute Gasteiger partial charge is 0.545 e. The van der Waals surface area contributed by atoms with Gasteiger partial charge < -0.3 is 9.90 Å². The first-order valence-corrected chi connectivity index (χ1v) is 4.02. The highest BCUT2D eigenvalue weighted by Crippen LogP contribution is 2.34. The lowest BCUT2D eigenvalue weighted by molar-refractivity contribution is -0.299. The lowest BCUT2D eigenvalue weighted by Crippen LogP contribution is -2.23. The van der Waals surface area contributed by atoms with Crippen LogP contribution >= 0.6 is 15.9 Å². The molecule has 0 fully saturated rings. The van der Waals surface area contributed by atoms with Gasteiger partial charge >= 0.3 is 0 Å². The average Bonchev–Trinajstić information content (AvgIpc) is 2.14. The smallest absolute Gasteiger partial charge is 0.0682 e. The summed E-state index contributed by atoms with van der Waals surface area (Å²) in [6, 6.07) is 0. The second-order valence-corrected chi connectivity index (χ2v) is 3.41. The summed E-state index contributed by atoms with van der Waals surface area (Å²) in [6.45, 7) is 2.00. The van der Waals surface area contributed by atoms with Crippen molar-refractivity contribution in [2.45, 2.75) is 19.8 Å². The monoisotopic (exact) mass is 203 g/mol. The summed E-state index contributed by atoms with van der Waals surface area (Å²) in [5.74, 6) is -0.677. The molecule has 0 spiro atoms. The molecule has 56 valence electrons. The summed E-state index contributed by atoms with van der Waals surface area (Å²) in [5.41, 5.74) is 0.438. The zero-order chi connectivity index (χ0) is 7.72. The summed E-state index contributed by atoms with van der Waals surface area (Å²) in [4.78, 5) is 10.4. The van der Waals surface area contributed by atoms with Crippen molar-refractivity contribution in [3.8, 4) is 0 Å². The van der Waals surface area contributed by atoms with E-state index in [1.807, 2.05) is 6.92 Å². The molecule has 10 heavy (non-hydrogen) atoms. The van der Waals surface area contributed by atoms with Crippen LogP contribution in [0.25, 0.3) is 0 Å². The number of carboxylic acids is 1. The molecule has 0 aliphatic heterocycles. The van der Waals surface area contributed by atoms with Crippen LogP contribution < -0.4 is 5.11 Å². The third-order valence-electron chi connectivity index (χ3n) is 1.79. The van der Waals surface area contributed by atoms with E-state index in [2.05, 4.69) is 15.9 Å². The molecule has 1 aliphatic carbocycles. The van der Waals surface area contributed by atoms with Crippen LogP contribution in [0.5, 0.6) is 0 Å². The second-order valence-electron chi connectivity index (χ2n) is 2.55. The van der Waals surface area contributed by atoms with E-state index in [9.17, 15) is 9.90 Å². The highest BCUT2D eigenvalue weighted by atomic mass is 79.9. The van der Waals surface area contributed by atoms with Gasteiger partial charge in [-0.1, -0.05) is 22.9 Å². The van der Waals surface area contributed by atoms with Crippen LogP contribution in [-0.4, -0.2) is 5.97 Å². The van der Waals surface area contributed by atoms with E-state index in [0.29, 0.717) is 17.9 Å². The maximum Gasteiger partial charge on any atom is 0.0682 e. The molecule has 2 nitrogen and oxygen atoms in total. The predicted molar refractivity (Wildman–Crippen MR) is 39.4 cm³/mol. The number of halogens is 1. The van der Waals surface area contributed by atoms with E-state index in [0.717, 1.165) is 10.9 Å². The van der Waals surface area contributed by atoms with Gasteiger partial charge in [0.2, 0.25) is 0 Å². The van der Waals surface area contributed by atoms with Gasteiger partial charge in [0.25, 0.3) is 0 Å². The maximum absolute atomic E-state index is 10.4. The molecule has 0 N–H and O–H groups in total. The Morgan fingerprint density at radius 3 is 2.60 bits per heavy atom. The highest BCUT2D eigenvalue weighted by molar-refractivity contribution is 9.11. The third kappa shape index (κ3) is 1.24. The number of carbonyl (C=O) groups is 1. The minimum absolute atomic E-state index is 0.355. The van der Waals surface area contributed by atoms with Crippen LogP contribution in [-0.2, 0) is 4.79 Å². The van der Waals surface area contributed by atoms with Crippen molar-refractivity contribution in [3.63, 3.8) is 0 Å². The molecule has 3 heteroatoms. The van der Waals surface area contributed by atoms with Crippen molar-refractivity contribution in [2.24, 2.45) is 5.92 Å². The Balaban J connectivity index is 2.85. The number of hydrogen-bond donors (Lipinski definition) is 0. The van der Waals surface area contributed by atoms with E-state index in [1.165, 1.54) is 0 Å². The zero-order valence-electron chi connectivity index (χ0n) is 5.69. The minimum atomic E-state index is -1.03. The fourth-order valence-electron chi connectivity index (χ4n) is 1.10. The molecule has 1 rings (SSSR count). The number of carboxylic acid groups (broad SMARTS) is 1. The van der Waals surface area contributed by atoms with Crippen LogP contribution in [0.15, 0.2) is 10.1 Å². The summed E-state index contributed by atoms with van der Waals surface area (Å²) in [5, 5.41) is 10.4. The van der Waals surface area contributed by atoms with Crippen LogP contribution in [0.3, 0.4) is 0 Å². The fourth-order valence-corrected chi connectivity index (χ4v) is 1.69. The average molecular weight is 204 g/mol. The van der Waals surface area contributed by atoms with Gasteiger partial charge in [-0.15, -0.1) is 0 Å². The Bertz CT molecular complexity index is 196. The van der Waals surface area contributed by atoms with Crippen molar-refractivity contribution in [3.05, 3.63) is 10.1 Å². The number of allylic oxidation sites excluding steroid dienone is 1. The Labute approximate surface area is 68.1 Å². The van der Waals surface area contributed by atoms with Gasteiger partial charge in [0.05, 0.1) is 5.97 Å². The predicted octanol–water partition coefficient (Wildman–Crippen LogP) is 0.815. The molecule has 0 bridgehead atoms. The molecule has 1 unspecified atom stereocenters.